The summed E-state index contributed by atoms with van der Waals surface area (Å²) in [5, 5.41) is 3.81. The largest absolute Gasteiger partial charge is 0.339 e. The van der Waals surface area contributed by atoms with Gasteiger partial charge in [-0.25, -0.2) is 9.97 Å². The second-order valence-electron chi connectivity index (χ2n) is 3.29. The Bertz CT molecular complexity index is 425. The van der Waals surface area contributed by atoms with E-state index in [2.05, 4.69) is 20.1 Å². The summed E-state index contributed by atoms with van der Waals surface area (Å²) in [6, 6.07) is 1.73. The highest BCUT2D eigenvalue weighted by molar-refractivity contribution is 5.46. The molecule has 0 fully saturated rings. The topological polar surface area (TPSA) is 90.7 Å². The summed E-state index contributed by atoms with van der Waals surface area (Å²) in [4.78, 5) is 12.0. The lowest BCUT2D eigenvalue weighted by Gasteiger charge is -1.96. The molecule has 0 radical (unpaired) electrons. The predicted octanol–water partition coefficient (Wildman–Crippen LogP) is 0.416. The fraction of sp³-hybridized carbons (Fsp3) is 0.333. The van der Waals surface area contributed by atoms with Crippen LogP contribution in [0, 0.1) is 0 Å². The molecule has 2 aromatic heterocycles. The van der Waals surface area contributed by atoms with Crippen molar-refractivity contribution >= 4 is 0 Å². The highest BCUT2D eigenvalue weighted by atomic mass is 16.5. The maximum absolute atomic E-state index is 5.62. The third-order valence-corrected chi connectivity index (χ3v) is 1.78. The van der Waals surface area contributed by atoms with E-state index in [-0.39, 0.29) is 6.04 Å². The van der Waals surface area contributed by atoms with Crippen molar-refractivity contribution in [2.45, 2.75) is 19.4 Å². The molecule has 2 N–H and O–H groups in total. The molecule has 0 aliphatic rings. The van der Waals surface area contributed by atoms with E-state index < -0.39 is 0 Å². The van der Waals surface area contributed by atoms with Gasteiger partial charge in [-0.15, -0.1) is 0 Å². The van der Waals surface area contributed by atoms with Crippen LogP contribution in [-0.2, 0) is 6.42 Å². The van der Waals surface area contributed by atoms with Crippen molar-refractivity contribution in [3.63, 3.8) is 0 Å². The van der Waals surface area contributed by atoms with Crippen molar-refractivity contribution in [1.82, 2.24) is 20.1 Å². The molecule has 0 aromatic carbocycles. The fourth-order valence-electron chi connectivity index (χ4n) is 1.14. The van der Waals surface area contributed by atoms with Gasteiger partial charge in [0.05, 0.1) is 0 Å². The van der Waals surface area contributed by atoms with E-state index in [1.807, 2.05) is 6.92 Å². The van der Waals surface area contributed by atoms with Crippen molar-refractivity contribution in [3.05, 3.63) is 24.5 Å². The van der Waals surface area contributed by atoms with Gasteiger partial charge in [0.15, 0.2) is 0 Å². The molecular formula is C9H11N5O. The minimum Gasteiger partial charge on any atom is -0.339 e. The van der Waals surface area contributed by atoms with Gasteiger partial charge in [0.1, 0.15) is 12.0 Å². The molecule has 6 heteroatoms. The zero-order valence-electron chi connectivity index (χ0n) is 8.29. The van der Waals surface area contributed by atoms with Gasteiger partial charge in [-0.3, -0.25) is 0 Å². The first-order valence-corrected chi connectivity index (χ1v) is 4.60. The Hall–Kier alpha value is -1.82. The van der Waals surface area contributed by atoms with E-state index in [1.165, 1.54) is 6.33 Å². The van der Waals surface area contributed by atoms with Gasteiger partial charge < -0.3 is 10.3 Å². The quantitative estimate of drug-likeness (QED) is 0.780. The van der Waals surface area contributed by atoms with Crippen LogP contribution in [-0.4, -0.2) is 26.2 Å². The van der Waals surface area contributed by atoms with E-state index in [4.69, 9.17) is 10.3 Å². The summed E-state index contributed by atoms with van der Waals surface area (Å²) >= 11 is 0. The van der Waals surface area contributed by atoms with Gasteiger partial charge in [-0.05, 0) is 13.0 Å². The molecule has 0 spiro atoms. The maximum atomic E-state index is 5.62. The second kappa shape index (κ2) is 4.14. The molecule has 0 aliphatic carbocycles. The third-order valence-electron chi connectivity index (χ3n) is 1.78. The van der Waals surface area contributed by atoms with E-state index in [0.29, 0.717) is 23.8 Å². The predicted molar refractivity (Wildman–Crippen MR) is 52.7 cm³/mol. The lowest BCUT2D eigenvalue weighted by Crippen LogP contribution is -2.17. The van der Waals surface area contributed by atoms with Crippen molar-refractivity contribution in [1.29, 1.82) is 0 Å². The molecule has 1 atom stereocenters. The molecule has 0 amide bonds. The first-order chi connectivity index (χ1) is 7.25. The Morgan fingerprint density at radius 1 is 1.53 bits per heavy atom. The molecular weight excluding hydrogens is 194 g/mol. The second-order valence-corrected chi connectivity index (χ2v) is 3.29. The van der Waals surface area contributed by atoms with Crippen LogP contribution in [0.15, 0.2) is 23.1 Å². The maximum Gasteiger partial charge on any atom is 0.228 e. The summed E-state index contributed by atoms with van der Waals surface area (Å²) in [6.45, 7) is 1.88. The zero-order valence-corrected chi connectivity index (χ0v) is 8.29. The minimum atomic E-state index is 0.00343. The molecule has 0 saturated carbocycles. The van der Waals surface area contributed by atoms with Crippen LogP contribution in [0.5, 0.6) is 0 Å². The standard InChI is InChI=1S/C9H11N5O/c1-6(10)4-8-13-9(14-15-8)7-2-3-11-5-12-7/h2-3,5-6H,4,10H2,1H3. The molecule has 78 valence electrons. The zero-order chi connectivity index (χ0) is 10.7. The molecule has 2 heterocycles. The fourth-order valence-corrected chi connectivity index (χ4v) is 1.14. The van der Waals surface area contributed by atoms with Crippen molar-refractivity contribution in [2.24, 2.45) is 5.73 Å². The number of hydrogen-bond donors (Lipinski definition) is 1. The molecule has 15 heavy (non-hydrogen) atoms. The average Bonchev–Trinajstić information content (AvgIpc) is 2.67. The molecule has 0 aliphatic heterocycles. The monoisotopic (exact) mass is 205 g/mol. The van der Waals surface area contributed by atoms with Crippen LogP contribution < -0.4 is 5.73 Å². The van der Waals surface area contributed by atoms with Gasteiger partial charge in [-0.2, -0.15) is 4.98 Å². The Labute approximate surface area is 86.5 Å². The lowest BCUT2D eigenvalue weighted by atomic mass is 10.2. The van der Waals surface area contributed by atoms with E-state index in [0.717, 1.165) is 0 Å². The summed E-state index contributed by atoms with van der Waals surface area (Å²) in [7, 11) is 0. The normalized spacial score (nSPS) is 12.7. The molecule has 2 rings (SSSR count). The Balaban J connectivity index is 2.21. The SMILES string of the molecule is CC(N)Cc1nc(-c2ccncn2)no1. The van der Waals surface area contributed by atoms with Gasteiger partial charge in [0.2, 0.25) is 11.7 Å². The van der Waals surface area contributed by atoms with Crippen LogP contribution in [0.25, 0.3) is 11.5 Å². The van der Waals surface area contributed by atoms with E-state index in [1.54, 1.807) is 12.3 Å². The van der Waals surface area contributed by atoms with E-state index in [9.17, 15) is 0 Å². The van der Waals surface area contributed by atoms with Crippen LogP contribution in [0.3, 0.4) is 0 Å². The first-order valence-electron chi connectivity index (χ1n) is 4.60. The summed E-state index contributed by atoms with van der Waals surface area (Å²) < 4.78 is 5.03. The number of nitrogens with zero attached hydrogens (tertiary/aromatic N) is 4. The van der Waals surface area contributed by atoms with Gasteiger partial charge >= 0.3 is 0 Å². The molecule has 6 nitrogen and oxygen atoms in total. The van der Waals surface area contributed by atoms with Gasteiger partial charge in [0.25, 0.3) is 0 Å². The van der Waals surface area contributed by atoms with Gasteiger partial charge in [0, 0.05) is 18.7 Å². The Morgan fingerprint density at radius 2 is 2.40 bits per heavy atom. The highest BCUT2D eigenvalue weighted by Gasteiger charge is 2.10. The first kappa shape index (κ1) is 9.72. The van der Waals surface area contributed by atoms with Crippen LogP contribution in [0.4, 0.5) is 0 Å². The van der Waals surface area contributed by atoms with Crippen LogP contribution >= 0.6 is 0 Å². The van der Waals surface area contributed by atoms with Crippen LogP contribution in [0.1, 0.15) is 12.8 Å². The Morgan fingerprint density at radius 3 is 3.07 bits per heavy atom. The van der Waals surface area contributed by atoms with Crippen molar-refractivity contribution in [2.75, 3.05) is 0 Å². The van der Waals surface area contributed by atoms with Gasteiger partial charge in [-0.1, -0.05) is 5.16 Å². The van der Waals surface area contributed by atoms with Crippen molar-refractivity contribution < 1.29 is 4.52 Å². The summed E-state index contributed by atoms with van der Waals surface area (Å²) in [5.74, 6) is 0.992. The molecule has 1 unspecified atom stereocenters. The summed E-state index contributed by atoms with van der Waals surface area (Å²) in [6.07, 6.45) is 3.64. The number of nitrogens with two attached hydrogens (primary N) is 1. The highest BCUT2D eigenvalue weighted by Crippen LogP contribution is 2.11. The minimum absolute atomic E-state index is 0.00343. The molecule has 2 aromatic rings. The van der Waals surface area contributed by atoms with E-state index >= 15 is 0 Å². The van der Waals surface area contributed by atoms with Crippen LogP contribution in [0.2, 0.25) is 0 Å². The number of rotatable bonds is 3. The molecule has 0 saturated heterocycles. The smallest absolute Gasteiger partial charge is 0.228 e. The average molecular weight is 205 g/mol. The molecule has 0 bridgehead atoms. The number of aromatic nitrogens is 4. The number of hydrogen-bond acceptors (Lipinski definition) is 6. The summed E-state index contributed by atoms with van der Waals surface area (Å²) in [5.41, 5.74) is 6.26. The third kappa shape index (κ3) is 2.35. The van der Waals surface area contributed by atoms with Crippen molar-refractivity contribution in [3.8, 4) is 11.5 Å². The lowest BCUT2D eigenvalue weighted by molar-refractivity contribution is 0.372. The Kier molecular flexibility index (Phi) is 2.68.